The van der Waals surface area contributed by atoms with Crippen LogP contribution in [0.25, 0.3) is 0 Å². The number of nitrogens with zero attached hydrogens (tertiary/aromatic N) is 1. The third kappa shape index (κ3) is 4.04. The van der Waals surface area contributed by atoms with Crippen molar-refractivity contribution in [1.29, 1.82) is 0 Å². The number of nitrogens with one attached hydrogen (secondary N) is 1. The molecule has 1 unspecified atom stereocenters. The van der Waals surface area contributed by atoms with Gasteiger partial charge in [0, 0.05) is 19.1 Å². The van der Waals surface area contributed by atoms with Crippen LogP contribution in [0.2, 0.25) is 0 Å². The van der Waals surface area contributed by atoms with E-state index >= 15 is 0 Å². The van der Waals surface area contributed by atoms with Crippen LogP contribution in [0.4, 0.5) is 4.39 Å². The van der Waals surface area contributed by atoms with Gasteiger partial charge in [0.25, 0.3) is 5.91 Å². The maximum absolute atomic E-state index is 13.9. The maximum Gasteiger partial charge on any atom is 0.254 e. The number of hydrogen-bond acceptors (Lipinski definition) is 3. The van der Waals surface area contributed by atoms with Crippen LogP contribution in [0.15, 0.2) is 23.1 Å². The second kappa shape index (κ2) is 7.69. The Labute approximate surface area is 131 Å². The Morgan fingerprint density at radius 1 is 1.27 bits per heavy atom. The molecule has 1 atom stereocenters. The van der Waals surface area contributed by atoms with Crippen molar-refractivity contribution >= 4 is 15.9 Å². The minimum absolute atomic E-state index is 0.0769. The van der Waals surface area contributed by atoms with Crippen LogP contribution in [0.3, 0.4) is 0 Å². The summed E-state index contributed by atoms with van der Waals surface area (Å²) in [4.78, 5) is 12.0. The predicted molar refractivity (Wildman–Crippen MR) is 83.7 cm³/mol. The molecule has 22 heavy (non-hydrogen) atoms. The Bertz CT molecular complexity index is 628. The van der Waals surface area contributed by atoms with E-state index in [1.165, 1.54) is 10.4 Å². The normalized spacial score (nSPS) is 13.2. The Morgan fingerprint density at radius 3 is 2.36 bits per heavy atom. The van der Waals surface area contributed by atoms with E-state index in [-0.39, 0.29) is 16.5 Å². The summed E-state index contributed by atoms with van der Waals surface area (Å²) in [6, 6.07) is 3.18. The first kappa shape index (κ1) is 18.6. The monoisotopic (exact) mass is 330 g/mol. The molecular weight excluding hydrogens is 307 g/mol. The Kier molecular flexibility index (Phi) is 6.49. The van der Waals surface area contributed by atoms with Crippen LogP contribution in [0.1, 0.15) is 44.5 Å². The van der Waals surface area contributed by atoms with E-state index in [4.69, 9.17) is 0 Å². The number of hydrogen-bond donors (Lipinski definition) is 1. The Hall–Kier alpha value is -1.47. The largest absolute Gasteiger partial charge is 0.350 e. The molecule has 0 heterocycles. The molecule has 1 rings (SSSR count). The second-order valence-electron chi connectivity index (χ2n) is 5.01. The van der Waals surface area contributed by atoms with Crippen molar-refractivity contribution in [2.24, 2.45) is 0 Å². The quantitative estimate of drug-likeness (QED) is 0.835. The molecule has 124 valence electrons. The SMILES string of the molecule is CCC(C)NC(=O)c1cc(S(=O)(=O)N(CC)CC)ccc1F. The highest BCUT2D eigenvalue weighted by Crippen LogP contribution is 2.19. The first-order valence-electron chi connectivity index (χ1n) is 7.38. The van der Waals surface area contributed by atoms with Gasteiger partial charge in [0.05, 0.1) is 10.5 Å². The van der Waals surface area contributed by atoms with E-state index in [0.29, 0.717) is 19.5 Å². The number of amides is 1. The lowest BCUT2D eigenvalue weighted by molar-refractivity contribution is 0.0935. The summed E-state index contributed by atoms with van der Waals surface area (Å²) >= 11 is 0. The zero-order chi connectivity index (χ0) is 16.9. The molecule has 0 aliphatic rings. The van der Waals surface area contributed by atoms with Gasteiger partial charge in [0.2, 0.25) is 10.0 Å². The van der Waals surface area contributed by atoms with Gasteiger partial charge in [-0.1, -0.05) is 20.8 Å². The first-order valence-corrected chi connectivity index (χ1v) is 8.82. The van der Waals surface area contributed by atoms with E-state index in [1.54, 1.807) is 20.8 Å². The highest BCUT2D eigenvalue weighted by atomic mass is 32.2. The number of carbonyl (C=O) groups is 1. The number of halogens is 1. The predicted octanol–water partition coefficient (Wildman–Crippen LogP) is 2.38. The molecule has 0 saturated carbocycles. The van der Waals surface area contributed by atoms with Gasteiger partial charge in [0.15, 0.2) is 0 Å². The molecule has 0 spiro atoms. The fraction of sp³-hybridized carbons (Fsp3) is 0.533. The molecule has 7 heteroatoms. The minimum Gasteiger partial charge on any atom is -0.350 e. The zero-order valence-electron chi connectivity index (χ0n) is 13.4. The lowest BCUT2D eigenvalue weighted by Crippen LogP contribution is -2.33. The van der Waals surface area contributed by atoms with Crippen LogP contribution in [-0.2, 0) is 10.0 Å². The van der Waals surface area contributed by atoms with Crippen LogP contribution in [0.5, 0.6) is 0 Å². The standard InChI is InChI=1S/C15H23FN2O3S/c1-5-11(4)17-15(19)13-10-12(8-9-14(13)16)22(20,21)18(6-2)7-3/h8-11H,5-7H2,1-4H3,(H,17,19). The number of benzene rings is 1. The fourth-order valence-electron chi connectivity index (χ4n) is 1.96. The molecule has 0 radical (unpaired) electrons. The van der Waals surface area contributed by atoms with Gasteiger partial charge in [-0.15, -0.1) is 0 Å². The fourth-order valence-corrected chi connectivity index (χ4v) is 3.44. The van der Waals surface area contributed by atoms with E-state index in [9.17, 15) is 17.6 Å². The smallest absolute Gasteiger partial charge is 0.254 e. The third-order valence-corrected chi connectivity index (χ3v) is 5.56. The summed E-state index contributed by atoms with van der Waals surface area (Å²) in [7, 11) is -3.72. The second-order valence-corrected chi connectivity index (χ2v) is 6.95. The molecule has 5 nitrogen and oxygen atoms in total. The van der Waals surface area contributed by atoms with E-state index in [1.807, 2.05) is 6.92 Å². The van der Waals surface area contributed by atoms with E-state index < -0.39 is 21.7 Å². The molecule has 1 aromatic carbocycles. The first-order chi connectivity index (χ1) is 10.3. The highest BCUT2D eigenvalue weighted by molar-refractivity contribution is 7.89. The number of sulfonamides is 1. The highest BCUT2D eigenvalue weighted by Gasteiger charge is 2.24. The summed E-state index contributed by atoms with van der Waals surface area (Å²) in [6.07, 6.45) is 0.699. The molecule has 1 aromatic rings. The molecule has 1 amide bonds. The minimum atomic E-state index is -3.72. The molecule has 0 bridgehead atoms. The molecule has 0 fully saturated rings. The molecule has 0 aliphatic carbocycles. The molecule has 0 aliphatic heterocycles. The van der Waals surface area contributed by atoms with Crippen LogP contribution >= 0.6 is 0 Å². The van der Waals surface area contributed by atoms with Crippen molar-refractivity contribution in [3.63, 3.8) is 0 Å². The molecule has 0 saturated heterocycles. The van der Waals surface area contributed by atoms with Crippen LogP contribution < -0.4 is 5.32 Å². The van der Waals surface area contributed by atoms with Gasteiger partial charge in [-0.05, 0) is 31.5 Å². The van der Waals surface area contributed by atoms with Gasteiger partial charge in [-0.3, -0.25) is 4.79 Å². The number of carbonyl (C=O) groups excluding carboxylic acids is 1. The van der Waals surface area contributed by atoms with Crippen LogP contribution in [-0.4, -0.2) is 37.8 Å². The van der Waals surface area contributed by atoms with Crippen molar-refractivity contribution in [1.82, 2.24) is 9.62 Å². The van der Waals surface area contributed by atoms with Crippen molar-refractivity contribution in [2.45, 2.75) is 45.1 Å². The van der Waals surface area contributed by atoms with Gasteiger partial charge in [0.1, 0.15) is 5.82 Å². The van der Waals surface area contributed by atoms with Gasteiger partial charge >= 0.3 is 0 Å². The topological polar surface area (TPSA) is 66.5 Å². The van der Waals surface area contributed by atoms with Crippen LogP contribution in [0, 0.1) is 5.82 Å². The average Bonchev–Trinajstić information content (AvgIpc) is 2.48. The summed E-state index contributed by atoms with van der Waals surface area (Å²) in [5.74, 6) is -1.34. The maximum atomic E-state index is 13.9. The summed E-state index contributed by atoms with van der Waals surface area (Å²) in [5.41, 5.74) is -0.256. The Balaban J connectivity index is 3.22. The lowest BCUT2D eigenvalue weighted by atomic mass is 10.1. The van der Waals surface area contributed by atoms with E-state index in [2.05, 4.69) is 5.32 Å². The zero-order valence-corrected chi connectivity index (χ0v) is 14.2. The molecule has 1 N–H and O–H groups in total. The van der Waals surface area contributed by atoms with Crippen molar-refractivity contribution in [3.05, 3.63) is 29.6 Å². The van der Waals surface area contributed by atoms with Gasteiger partial charge in [-0.2, -0.15) is 4.31 Å². The third-order valence-electron chi connectivity index (χ3n) is 3.52. The average molecular weight is 330 g/mol. The summed E-state index contributed by atoms with van der Waals surface area (Å²) in [6.45, 7) is 7.76. The van der Waals surface area contributed by atoms with Gasteiger partial charge < -0.3 is 5.32 Å². The van der Waals surface area contributed by atoms with Crippen molar-refractivity contribution in [2.75, 3.05) is 13.1 Å². The summed E-state index contributed by atoms with van der Waals surface area (Å²) < 4.78 is 40.0. The summed E-state index contributed by atoms with van der Waals surface area (Å²) in [5, 5.41) is 2.64. The van der Waals surface area contributed by atoms with E-state index in [0.717, 1.165) is 12.1 Å². The van der Waals surface area contributed by atoms with Crippen molar-refractivity contribution in [3.8, 4) is 0 Å². The van der Waals surface area contributed by atoms with Gasteiger partial charge in [-0.25, -0.2) is 12.8 Å². The lowest BCUT2D eigenvalue weighted by Gasteiger charge is -2.19. The molecular formula is C15H23FN2O3S. The van der Waals surface area contributed by atoms with Crippen molar-refractivity contribution < 1.29 is 17.6 Å². The Morgan fingerprint density at radius 2 is 1.86 bits per heavy atom. The molecule has 0 aromatic heterocycles. The number of rotatable bonds is 7.